The summed E-state index contributed by atoms with van der Waals surface area (Å²) < 4.78 is 0. The summed E-state index contributed by atoms with van der Waals surface area (Å²) in [7, 11) is 0. The van der Waals surface area contributed by atoms with Crippen LogP contribution in [0.15, 0.2) is 30.5 Å². The van der Waals surface area contributed by atoms with E-state index in [1.807, 2.05) is 12.1 Å². The highest BCUT2D eigenvalue weighted by molar-refractivity contribution is 7.16. The number of hydrogen-bond acceptors (Lipinski definition) is 4. The van der Waals surface area contributed by atoms with E-state index in [9.17, 15) is 4.79 Å². The number of carbonyl (C=O) groups is 1. The van der Waals surface area contributed by atoms with E-state index in [1.54, 1.807) is 6.20 Å². The Morgan fingerprint density at radius 3 is 2.42 bits per heavy atom. The van der Waals surface area contributed by atoms with Gasteiger partial charge in [0.25, 0.3) is 5.91 Å². The summed E-state index contributed by atoms with van der Waals surface area (Å²) in [5.41, 5.74) is 4.52. The summed E-state index contributed by atoms with van der Waals surface area (Å²) in [5.74, 6) is 4.79. The molecule has 0 spiro atoms. The van der Waals surface area contributed by atoms with Gasteiger partial charge in [-0.05, 0) is 11.0 Å². The van der Waals surface area contributed by atoms with E-state index in [1.165, 1.54) is 16.9 Å². The van der Waals surface area contributed by atoms with Crippen molar-refractivity contribution in [1.29, 1.82) is 0 Å². The van der Waals surface area contributed by atoms with Gasteiger partial charge in [0.05, 0.1) is 6.20 Å². The Morgan fingerprint density at radius 1 is 1.26 bits per heavy atom. The minimum absolute atomic E-state index is 0.131. The van der Waals surface area contributed by atoms with Crippen LogP contribution >= 0.6 is 11.3 Å². The SMILES string of the molecule is CC(C)(C)c1ccc(-c2ncc(C(=O)NN)s2)cc1. The summed E-state index contributed by atoms with van der Waals surface area (Å²) in [6.07, 6.45) is 1.54. The molecule has 1 aromatic carbocycles. The maximum atomic E-state index is 11.4. The molecule has 19 heavy (non-hydrogen) atoms. The van der Waals surface area contributed by atoms with Crippen molar-refractivity contribution in [3.63, 3.8) is 0 Å². The Morgan fingerprint density at radius 2 is 1.89 bits per heavy atom. The van der Waals surface area contributed by atoms with Crippen molar-refractivity contribution in [2.24, 2.45) is 5.84 Å². The van der Waals surface area contributed by atoms with E-state index in [0.717, 1.165) is 10.6 Å². The first kappa shape index (κ1) is 13.7. The molecule has 0 saturated heterocycles. The van der Waals surface area contributed by atoms with Crippen molar-refractivity contribution >= 4 is 17.2 Å². The molecule has 0 saturated carbocycles. The molecule has 0 aliphatic rings. The molecule has 0 aliphatic heterocycles. The lowest BCUT2D eigenvalue weighted by Gasteiger charge is -2.18. The van der Waals surface area contributed by atoms with Gasteiger partial charge >= 0.3 is 0 Å². The van der Waals surface area contributed by atoms with Crippen molar-refractivity contribution < 1.29 is 4.79 Å². The maximum Gasteiger partial charge on any atom is 0.276 e. The van der Waals surface area contributed by atoms with Crippen molar-refractivity contribution in [1.82, 2.24) is 10.4 Å². The number of nitrogens with two attached hydrogens (primary N) is 1. The highest BCUT2D eigenvalue weighted by Crippen LogP contribution is 2.28. The predicted molar refractivity (Wildman–Crippen MR) is 77.9 cm³/mol. The number of hydrazine groups is 1. The molecule has 0 bridgehead atoms. The van der Waals surface area contributed by atoms with E-state index in [0.29, 0.717) is 4.88 Å². The number of aromatic nitrogens is 1. The maximum absolute atomic E-state index is 11.4. The van der Waals surface area contributed by atoms with Gasteiger partial charge in [-0.25, -0.2) is 10.8 Å². The second-order valence-electron chi connectivity index (χ2n) is 5.33. The second-order valence-corrected chi connectivity index (χ2v) is 6.36. The summed E-state index contributed by atoms with van der Waals surface area (Å²) in [6, 6.07) is 8.26. The molecule has 2 rings (SSSR count). The number of carbonyl (C=O) groups excluding carboxylic acids is 1. The Labute approximate surface area is 116 Å². The Balaban J connectivity index is 2.28. The van der Waals surface area contributed by atoms with E-state index >= 15 is 0 Å². The lowest BCUT2D eigenvalue weighted by Crippen LogP contribution is -2.29. The van der Waals surface area contributed by atoms with Crippen LogP contribution in [-0.2, 0) is 5.41 Å². The van der Waals surface area contributed by atoms with Crippen LogP contribution in [0, 0.1) is 0 Å². The Bertz CT molecular complexity index is 581. The van der Waals surface area contributed by atoms with Gasteiger partial charge < -0.3 is 0 Å². The van der Waals surface area contributed by atoms with Crippen LogP contribution in [-0.4, -0.2) is 10.9 Å². The second kappa shape index (κ2) is 5.11. The number of nitrogens with one attached hydrogen (secondary N) is 1. The molecule has 5 heteroatoms. The zero-order chi connectivity index (χ0) is 14.0. The average molecular weight is 275 g/mol. The van der Waals surface area contributed by atoms with Crippen molar-refractivity contribution in [2.75, 3.05) is 0 Å². The molecule has 0 unspecified atom stereocenters. The van der Waals surface area contributed by atoms with Gasteiger partial charge in [0.2, 0.25) is 0 Å². The van der Waals surface area contributed by atoms with Crippen molar-refractivity contribution in [3.05, 3.63) is 40.9 Å². The van der Waals surface area contributed by atoms with Crippen LogP contribution in [0.2, 0.25) is 0 Å². The molecular formula is C14H17N3OS. The molecule has 0 radical (unpaired) electrons. The molecule has 0 aliphatic carbocycles. The monoisotopic (exact) mass is 275 g/mol. The standard InChI is InChI=1S/C14H17N3OS/c1-14(2,3)10-6-4-9(5-7-10)13-16-8-11(19-13)12(18)17-15/h4-8H,15H2,1-3H3,(H,17,18). The predicted octanol–water partition coefficient (Wildman–Crippen LogP) is 2.71. The van der Waals surface area contributed by atoms with Gasteiger partial charge in [-0.2, -0.15) is 0 Å². The van der Waals surface area contributed by atoms with Gasteiger partial charge in [-0.15, -0.1) is 11.3 Å². The average Bonchev–Trinajstić information content (AvgIpc) is 2.86. The topological polar surface area (TPSA) is 68.0 Å². The molecule has 0 fully saturated rings. The number of benzene rings is 1. The third-order valence-electron chi connectivity index (χ3n) is 2.86. The third kappa shape index (κ3) is 3.00. The van der Waals surface area contributed by atoms with E-state index in [4.69, 9.17) is 5.84 Å². The Hall–Kier alpha value is -1.72. The molecule has 3 N–H and O–H groups in total. The van der Waals surface area contributed by atoms with Crippen LogP contribution in [0.4, 0.5) is 0 Å². The largest absolute Gasteiger partial charge is 0.289 e. The fraction of sp³-hybridized carbons (Fsp3) is 0.286. The number of nitrogens with zero attached hydrogens (tertiary/aromatic N) is 1. The summed E-state index contributed by atoms with van der Waals surface area (Å²) in [6.45, 7) is 6.53. The normalized spacial score (nSPS) is 11.4. The lowest BCUT2D eigenvalue weighted by molar-refractivity contribution is 0.0957. The molecule has 1 heterocycles. The van der Waals surface area contributed by atoms with Crippen molar-refractivity contribution in [3.8, 4) is 10.6 Å². The number of rotatable bonds is 2. The first-order chi connectivity index (χ1) is 8.91. The molecule has 4 nitrogen and oxygen atoms in total. The molecule has 0 atom stereocenters. The van der Waals surface area contributed by atoms with Crippen LogP contribution in [0.25, 0.3) is 10.6 Å². The number of hydrogen-bond donors (Lipinski definition) is 2. The van der Waals surface area contributed by atoms with Crippen LogP contribution in [0.5, 0.6) is 0 Å². The molecule has 100 valence electrons. The first-order valence-electron chi connectivity index (χ1n) is 5.99. The number of amides is 1. The van der Waals surface area contributed by atoms with Gasteiger partial charge in [0.1, 0.15) is 9.88 Å². The highest BCUT2D eigenvalue weighted by Gasteiger charge is 2.14. The lowest BCUT2D eigenvalue weighted by atomic mass is 9.87. The van der Waals surface area contributed by atoms with Gasteiger partial charge in [0, 0.05) is 5.56 Å². The van der Waals surface area contributed by atoms with E-state index in [2.05, 4.69) is 43.3 Å². The van der Waals surface area contributed by atoms with E-state index < -0.39 is 0 Å². The van der Waals surface area contributed by atoms with Gasteiger partial charge in [-0.1, -0.05) is 45.0 Å². The van der Waals surface area contributed by atoms with Crippen LogP contribution in [0.1, 0.15) is 36.0 Å². The summed E-state index contributed by atoms with van der Waals surface area (Å²) >= 11 is 1.33. The minimum Gasteiger partial charge on any atom is -0.289 e. The smallest absolute Gasteiger partial charge is 0.276 e. The molecule has 1 amide bonds. The molecule has 1 aromatic heterocycles. The van der Waals surface area contributed by atoms with E-state index in [-0.39, 0.29) is 11.3 Å². The number of nitrogen functional groups attached to an aromatic ring is 1. The molecular weight excluding hydrogens is 258 g/mol. The zero-order valence-corrected chi connectivity index (χ0v) is 12.0. The van der Waals surface area contributed by atoms with Gasteiger partial charge in [-0.3, -0.25) is 10.2 Å². The Kier molecular flexibility index (Phi) is 3.68. The summed E-state index contributed by atoms with van der Waals surface area (Å²) in [5, 5.41) is 0.819. The third-order valence-corrected chi connectivity index (χ3v) is 3.90. The van der Waals surface area contributed by atoms with Gasteiger partial charge in [0.15, 0.2) is 0 Å². The van der Waals surface area contributed by atoms with Crippen molar-refractivity contribution in [2.45, 2.75) is 26.2 Å². The highest BCUT2D eigenvalue weighted by atomic mass is 32.1. The van der Waals surface area contributed by atoms with Crippen LogP contribution in [0.3, 0.4) is 0 Å². The summed E-state index contributed by atoms with van der Waals surface area (Å²) in [4.78, 5) is 16.1. The minimum atomic E-state index is -0.310. The fourth-order valence-corrected chi connectivity index (χ4v) is 2.52. The molecule has 2 aromatic rings. The first-order valence-corrected chi connectivity index (χ1v) is 6.81. The zero-order valence-electron chi connectivity index (χ0n) is 11.2. The van der Waals surface area contributed by atoms with Crippen LogP contribution < -0.4 is 11.3 Å². The quantitative estimate of drug-likeness (QED) is 0.503. The number of thiazole rings is 1. The fourth-order valence-electron chi connectivity index (χ4n) is 1.70.